The average molecular weight is 215 g/mol. The Morgan fingerprint density at radius 2 is 2.13 bits per heavy atom. The third kappa shape index (κ3) is 1.71. The molecule has 2 heterocycles. The maximum Gasteiger partial charge on any atom is 0.0374 e. The lowest BCUT2D eigenvalue weighted by Gasteiger charge is -2.10. The van der Waals surface area contributed by atoms with Gasteiger partial charge in [0.25, 0.3) is 0 Å². The fourth-order valence-corrected chi connectivity index (χ4v) is 2.94. The molecule has 76 valence electrons. The molecule has 0 radical (unpaired) electrons. The lowest BCUT2D eigenvalue weighted by Crippen LogP contribution is -2.13. The number of benzene rings is 1. The molecule has 1 aliphatic heterocycles. The summed E-state index contributed by atoms with van der Waals surface area (Å²) >= 11 is 1.84. The molecule has 0 saturated carbocycles. The van der Waals surface area contributed by atoms with Gasteiger partial charge in [-0.1, -0.05) is 30.3 Å². The van der Waals surface area contributed by atoms with E-state index < -0.39 is 0 Å². The molecular formula is C13H13NS. The van der Waals surface area contributed by atoms with E-state index in [-0.39, 0.29) is 0 Å². The van der Waals surface area contributed by atoms with Crippen LogP contribution in [0.1, 0.15) is 22.0 Å². The highest BCUT2D eigenvalue weighted by Gasteiger charge is 2.21. The smallest absolute Gasteiger partial charge is 0.0374 e. The van der Waals surface area contributed by atoms with Crippen LogP contribution < -0.4 is 5.32 Å². The zero-order chi connectivity index (χ0) is 10.1. The van der Waals surface area contributed by atoms with Crippen LogP contribution in [0.4, 0.5) is 0 Å². The minimum absolute atomic E-state index is 0.514. The molecule has 1 nitrogen and oxygen atoms in total. The molecule has 0 aliphatic carbocycles. The van der Waals surface area contributed by atoms with Gasteiger partial charge in [-0.15, -0.1) is 11.3 Å². The highest BCUT2D eigenvalue weighted by atomic mass is 32.1. The summed E-state index contributed by atoms with van der Waals surface area (Å²) < 4.78 is 0. The summed E-state index contributed by atoms with van der Waals surface area (Å²) in [5, 5.41) is 5.72. The Morgan fingerprint density at radius 1 is 1.20 bits per heavy atom. The molecule has 1 atom stereocenters. The van der Waals surface area contributed by atoms with E-state index in [4.69, 9.17) is 0 Å². The van der Waals surface area contributed by atoms with Gasteiger partial charge in [0.2, 0.25) is 0 Å². The monoisotopic (exact) mass is 215 g/mol. The van der Waals surface area contributed by atoms with E-state index >= 15 is 0 Å². The Morgan fingerprint density at radius 3 is 3.00 bits per heavy atom. The summed E-state index contributed by atoms with van der Waals surface area (Å²) in [4.78, 5) is 1.46. The second-order valence-electron chi connectivity index (χ2n) is 3.92. The first-order valence-electron chi connectivity index (χ1n) is 5.27. The molecule has 1 aliphatic rings. The predicted octanol–water partition coefficient (Wildman–Crippen LogP) is 3.14. The van der Waals surface area contributed by atoms with Crippen LogP contribution >= 0.6 is 11.3 Å². The first kappa shape index (κ1) is 9.13. The Labute approximate surface area is 93.8 Å². The van der Waals surface area contributed by atoms with Crippen LogP contribution in [0.2, 0.25) is 0 Å². The van der Waals surface area contributed by atoms with Gasteiger partial charge in [-0.2, -0.15) is 0 Å². The summed E-state index contributed by atoms with van der Waals surface area (Å²) in [6.45, 7) is 1.02. The highest BCUT2D eigenvalue weighted by Crippen LogP contribution is 2.28. The Hall–Kier alpha value is -1.12. The molecule has 0 spiro atoms. The van der Waals surface area contributed by atoms with Crippen molar-refractivity contribution in [3.8, 4) is 0 Å². The summed E-state index contributed by atoms with van der Waals surface area (Å²) in [7, 11) is 0. The van der Waals surface area contributed by atoms with Crippen molar-refractivity contribution in [2.24, 2.45) is 0 Å². The van der Waals surface area contributed by atoms with Crippen molar-refractivity contribution >= 4 is 11.3 Å². The van der Waals surface area contributed by atoms with Crippen LogP contribution in [-0.4, -0.2) is 0 Å². The number of hydrogen-bond donors (Lipinski definition) is 1. The number of fused-ring (bicyclic) bond motifs is 1. The first-order chi connectivity index (χ1) is 7.43. The highest BCUT2D eigenvalue weighted by molar-refractivity contribution is 7.09. The molecule has 1 aromatic heterocycles. The third-order valence-electron chi connectivity index (χ3n) is 2.95. The number of thiophene rings is 1. The van der Waals surface area contributed by atoms with Crippen molar-refractivity contribution in [3.63, 3.8) is 0 Å². The van der Waals surface area contributed by atoms with Crippen molar-refractivity contribution in [1.29, 1.82) is 0 Å². The largest absolute Gasteiger partial charge is 0.306 e. The zero-order valence-corrected chi connectivity index (χ0v) is 9.26. The molecule has 1 N–H and O–H groups in total. The van der Waals surface area contributed by atoms with Crippen LogP contribution in [0, 0.1) is 0 Å². The molecule has 0 saturated heterocycles. The summed E-state index contributed by atoms with van der Waals surface area (Å²) in [6.07, 6.45) is 1.12. The van der Waals surface area contributed by atoms with Gasteiger partial charge in [0, 0.05) is 23.9 Å². The van der Waals surface area contributed by atoms with Crippen LogP contribution in [0.3, 0.4) is 0 Å². The molecule has 2 heteroatoms. The molecule has 3 rings (SSSR count). The Bertz CT molecular complexity index is 447. The van der Waals surface area contributed by atoms with E-state index in [1.165, 1.54) is 16.0 Å². The molecule has 0 bridgehead atoms. The molecule has 1 aromatic carbocycles. The fourth-order valence-electron chi connectivity index (χ4n) is 2.19. The van der Waals surface area contributed by atoms with Gasteiger partial charge in [-0.25, -0.2) is 0 Å². The molecular weight excluding hydrogens is 202 g/mol. The van der Waals surface area contributed by atoms with Crippen molar-refractivity contribution in [2.45, 2.75) is 19.0 Å². The first-order valence-corrected chi connectivity index (χ1v) is 6.15. The van der Waals surface area contributed by atoms with Gasteiger partial charge in [-0.3, -0.25) is 0 Å². The van der Waals surface area contributed by atoms with Gasteiger partial charge in [-0.05, 0) is 22.6 Å². The lowest BCUT2D eigenvalue weighted by atomic mass is 10.0. The van der Waals surface area contributed by atoms with Crippen LogP contribution in [-0.2, 0) is 13.0 Å². The topological polar surface area (TPSA) is 12.0 Å². The van der Waals surface area contributed by atoms with Crippen molar-refractivity contribution in [2.75, 3.05) is 0 Å². The second kappa shape index (κ2) is 3.80. The number of nitrogens with one attached hydrogen (secondary N) is 1. The standard InChI is InChI=1S/C13H13NS/c1-2-6-12-10(4-1)9-14-13(12)8-11-5-3-7-15-11/h1-7,13-14H,8-9H2. The normalized spacial score (nSPS) is 19.1. The zero-order valence-electron chi connectivity index (χ0n) is 8.44. The van der Waals surface area contributed by atoms with Gasteiger partial charge in [0.1, 0.15) is 0 Å². The van der Waals surface area contributed by atoms with Gasteiger partial charge in [0.15, 0.2) is 0 Å². The summed E-state index contributed by atoms with van der Waals surface area (Å²) in [5.74, 6) is 0. The molecule has 0 fully saturated rings. The molecule has 0 amide bonds. The average Bonchev–Trinajstić information content (AvgIpc) is 2.89. The van der Waals surface area contributed by atoms with Crippen LogP contribution in [0.15, 0.2) is 41.8 Å². The number of rotatable bonds is 2. The second-order valence-corrected chi connectivity index (χ2v) is 4.95. The maximum absolute atomic E-state index is 3.57. The Kier molecular flexibility index (Phi) is 2.31. The number of hydrogen-bond acceptors (Lipinski definition) is 2. The SMILES string of the molecule is c1csc(CC2NCc3ccccc32)c1. The van der Waals surface area contributed by atoms with E-state index in [0.717, 1.165) is 13.0 Å². The van der Waals surface area contributed by atoms with Crippen molar-refractivity contribution in [1.82, 2.24) is 5.32 Å². The van der Waals surface area contributed by atoms with Gasteiger partial charge >= 0.3 is 0 Å². The van der Waals surface area contributed by atoms with Crippen molar-refractivity contribution in [3.05, 3.63) is 57.8 Å². The fraction of sp³-hybridized carbons (Fsp3) is 0.231. The van der Waals surface area contributed by atoms with E-state index in [9.17, 15) is 0 Å². The maximum atomic E-state index is 3.57. The van der Waals surface area contributed by atoms with Crippen LogP contribution in [0.25, 0.3) is 0 Å². The van der Waals surface area contributed by atoms with E-state index in [2.05, 4.69) is 47.1 Å². The van der Waals surface area contributed by atoms with E-state index in [1.807, 2.05) is 11.3 Å². The molecule has 2 aromatic rings. The summed E-state index contributed by atoms with van der Waals surface area (Å²) in [6, 6.07) is 13.6. The minimum atomic E-state index is 0.514. The van der Waals surface area contributed by atoms with Crippen molar-refractivity contribution < 1.29 is 0 Å². The lowest BCUT2D eigenvalue weighted by molar-refractivity contribution is 0.585. The van der Waals surface area contributed by atoms with E-state index in [1.54, 1.807) is 0 Å². The molecule has 15 heavy (non-hydrogen) atoms. The third-order valence-corrected chi connectivity index (χ3v) is 3.85. The van der Waals surface area contributed by atoms with Gasteiger partial charge < -0.3 is 5.32 Å². The van der Waals surface area contributed by atoms with E-state index in [0.29, 0.717) is 6.04 Å². The minimum Gasteiger partial charge on any atom is -0.306 e. The molecule has 1 unspecified atom stereocenters. The van der Waals surface area contributed by atoms with Crippen LogP contribution in [0.5, 0.6) is 0 Å². The summed E-state index contributed by atoms with van der Waals surface area (Å²) in [5.41, 5.74) is 2.94. The predicted molar refractivity (Wildman–Crippen MR) is 64.0 cm³/mol. The van der Waals surface area contributed by atoms with Gasteiger partial charge in [0.05, 0.1) is 0 Å². The Balaban J connectivity index is 1.85. The quantitative estimate of drug-likeness (QED) is 0.811.